The Morgan fingerprint density at radius 1 is 1.25 bits per heavy atom. The molecule has 2 saturated heterocycles. The van der Waals surface area contributed by atoms with Crippen molar-refractivity contribution in [3.8, 4) is 0 Å². The Hall–Kier alpha value is -0.120. The van der Waals surface area contributed by atoms with Crippen molar-refractivity contribution in [3.05, 3.63) is 0 Å². The van der Waals surface area contributed by atoms with Gasteiger partial charge in [0.15, 0.2) is 0 Å². The largest absolute Gasteiger partial charge is 0.381 e. The van der Waals surface area contributed by atoms with E-state index in [1.165, 1.54) is 19.3 Å². The summed E-state index contributed by atoms with van der Waals surface area (Å²) in [5, 5.41) is 3.78. The molecule has 0 saturated carbocycles. The summed E-state index contributed by atoms with van der Waals surface area (Å²) in [4.78, 5) is 0. The van der Waals surface area contributed by atoms with Crippen LogP contribution in [0.5, 0.6) is 0 Å². The molecule has 0 aliphatic carbocycles. The Kier molecular flexibility index (Phi) is 4.22. The van der Waals surface area contributed by atoms with E-state index in [1.807, 2.05) is 0 Å². The Bertz CT molecular complexity index is 216. The van der Waals surface area contributed by atoms with Crippen molar-refractivity contribution in [2.45, 2.75) is 45.2 Å². The highest BCUT2D eigenvalue weighted by Crippen LogP contribution is 2.33. The second kappa shape index (κ2) is 5.48. The minimum absolute atomic E-state index is 0.618. The number of nitrogens with two attached hydrogens (primary N) is 1. The molecule has 4 atom stereocenters. The van der Waals surface area contributed by atoms with Gasteiger partial charge in [0.05, 0.1) is 0 Å². The molecule has 16 heavy (non-hydrogen) atoms. The molecule has 0 aromatic carbocycles. The lowest BCUT2D eigenvalue weighted by Gasteiger charge is -2.45. The maximum atomic E-state index is 5.96. The number of piperidine rings is 1. The second-order valence-corrected chi connectivity index (χ2v) is 5.66. The highest BCUT2D eigenvalue weighted by Gasteiger charge is 2.37. The fraction of sp³-hybridized carbons (Fsp3) is 1.00. The average molecular weight is 226 g/mol. The third kappa shape index (κ3) is 2.58. The van der Waals surface area contributed by atoms with Gasteiger partial charge in [-0.1, -0.05) is 6.92 Å². The highest BCUT2D eigenvalue weighted by atomic mass is 16.5. The molecule has 4 unspecified atom stereocenters. The van der Waals surface area contributed by atoms with Gasteiger partial charge < -0.3 is 15.8 Å². The third-order valence-electron chi connectivity index (χ3n) is 4.44. The smallest absolute Gasteiger partial charge is 0.0469 e. The van der Waals surface area contributed by atoms with Crippen molar-refractivity contribution >= 4 is 0 Å². The van der Waals surface area contributed by atoms with Crippen molar-refractivity contribution in [1.29, 1.82) is 0 Å². The molecule has 0 aromatic heterocycles. The van der Waals surface area contributed by atoms with E-state index in [0.29, 0.717) is 18.0 Å². The van der Waals surface area contributed by atoms with E-state index in [9.17, 15) is 0 Å². The van der Waals surface area contributed by atoms with Crippen LogP contribution < -0.4 is 11.1 Å². The monoisotopic (exact) mass is 226 g/mol. The molecule has 2 heterocycles. The van der Waals surface area contributed by atoms with Crippen LogP contribution >= 0.6 is 0 Å². The molecule has 3 nitrogen and oxygen atoms in total. The van der Waals surface area contributed by atoms with Crippen LogP contribution in [0.1, 0.15) is 33.1 Å². The van der Waals surface area contributed by atoms with Crippen molar-refractivity contribution in [2.24, 2.45) is 23.5 Å². The maximum Gasteiger partial charge on any atom is 0.0469 e. The summed E-state index contributed by atoms with van der Waals surface area (Å²) in [5.74, 6) is 2.18. The first-order chi connectivity index (χ1) is 7.72. The van der Waals surface area contributed by atoms with Gasteiger partial charge in [-0.3, -0.25) is 0 Å². The van der Waals surface area contributed by atoms with Crippen LogP contribution in [0.2, 0.25) is 0 Å². The van der Waals surface area contributed by atoms with E-state index in [4.69, 9.17) is 10.5 Å². The van der Waals surface area contributed by atoms with Crippen LogP contribution in [-0.2, 0) is 4.74 Å². The molecule has 2 aliphatic heterocycles. The molecule has 0 amide bonds. The van der Waals surface area contributed by atoms with Crippen molar-refractivity contribution < 1.29 is 4.74 Å². The van der Waals surface area contributed by atoms with Crippen molar-refractivity contribution in [3.63, 3.8) is 0 Å². The SMILES string of the molecule is CC1CC(C)C(CN)C(C2CCOCC2)N1. The van der Waals surface area contributed by atoms with Crippen LogP contribution in [0.4, 0.5) is 0 Å². The van der Waals surface area contributed by atoms with E-state index < -0.39 is 0 Å². The summed E-state index contributed by atoms with van der Waals surface area (Å²) in [6.07, 6.45) is 3.67. The van der Waals surface area contributed by atoms with Gasteiger partial charge in [0.25, 0.3) is 0 Å². The Labute approximate surface area is 99.1 Å². The molecule has 2 aliphatic rings. The Morgan fingerprint density at radius 2 is 1.94 bits per heavy atom. The first-order valence-electron chi connectivity index (χ1n) is 6.76. The van der Waals surface area contributed by atoms with Gasteiger partial charge >= 0.3 is 0 Å². The zero-order chi connectivity index (χ0) is 11.5. The first-order valence-corrected chi connectivity index (χ1v) is 6.76. The van der Waals surface area contributed by atoms with E-state index in [-0.39, 0.29) is 0 Å². The van der Waals surface area contributed by atoms with Gasteiger partial charge in [0, 0.05) is 25.3 Å². The fourth-order valence-corrected chi connectivity index (χ4v) is 3.55. The standard InChI is InChI=1S/C13H26N2O/c1-9-7-10(2)15-13(12(9)8-14)11-3-5-16-6-4-11/h9-13,15H,3-8,14H2,1-2H3. The normalized spacial score (nSPS) is 42.2. The number of hydrogen-bond donors (Lipinski definition) is 2. The number of ether oxygens (including phenoxy) is 1. The van der Waals surface area contributed by atoms with Gasteiger partial charge in [-0.15, -0.1) is 0 Å². The van der Waals surface area contributed by atoms with Crippen LogP contribution in [0.15, 0.2) is 0 Å². The third-order valence-corrected chi connectivity index (χ3v) is 4.44. The molecule has 2 fully saturated rings. The van der Waals surface area contributed by atoms with E-state index in [1.54, 1.807) is 0 Å². The molecule has 0 spiro atoms. The second-order valence-electron chi connectivity index (χ2n) is 5.66. The molecule has 0 radical (unpaired) electrons. The lowest BCUT2D eigenvalue weighted by molar-refractivity contribution is 0.0259. The fourth-order valence-electron chi connectivity index (χ4n) is 3.55. The van der Waals surface area contributed by atoms with E-state index in [0.717, 1.165) is 31.6 Å². The molecule has 94 valence electrons. The molecular weight excluding hydrogens is 200 g/mol. The predicted octanol–water partition coefficient (Wildman–Crippen LogP) is 1.37. The molecule has 2 rings (SSSR count). The zero-order valence-electron chi connectivity index (χ0n) is 10.6. The van der Waals surface area contributed by atoms with Crippen LogP contribution in [0, 0.1) is 17.8 Å². The molecule has 0 aromatic rings. The highest BCUT2D eigenvalue weighted by molar-refractivity contribution is 4.93. The Balaban J connectivity index is 2.02. The number of hydrogen-bond acceptors (Lipinski definition) is 3. The van der Waals surface area contributed by atoms with Gasteiger partial charge in [-0.2, -0.15) is 0 Å². The van der Waals surface area contributed by atoms with Crippen LogP contribution in [-0.4, -0.2) is 31.8 Å². The summed E-state index contributed by atoms with van der Waals surface area (Å²) in [6.45, 7) is 7.35. The molecule has 3 heteroatoms. The van der Waals surface area contributed by atoms with Gasteiger partial charge in [-0.25, -0.2) is 0 Å². The Morgan fingerprint density at radius 3 is 2.56 bits per heavy atom. The minimum atomic E-state index is 0.618. The summed E-state index contributed by atoms with van der Waals surface area (Å²) in [5.41, 5.74) is 5.96. The maximum absolute atomic E-state index is 5.96. The average Bonchev–Trinajstić information content (AvgIpc) is 2.29. The molecular formula is C13H26N2O. The van der Waals surface area contributed by atoms with Crippen molar-refractivity contribution in [2.75, 3.05) is 19.8 Å². The summed E-state index contributed by atoms with van der Waals surface area (Å²) >= 11 is 0. The first kappa shape index (κ1) is 12.3. The number of nitrogens with one attached hydrogen (secondary N) is 1. The van der Waals surface area contributed by atoms with Crippen LogP contribution in [0.3, 0.4) is 0 Å². The lowest BCUT2D eigenvalue weighted by atomic mass is 9.73. The quantitative estimate of drug-likeness (QED) is 0.747. The zero-order valence-corrected chi connectivity index (χ0v) is 10.6. The van der Waals surface area contributed by atoms with E-state index >= 15 is 0 Å². The topological polar surface area (TPSA) is 47.3 Å². The van der Waals surface area contributed by atoms with Gasteiger partial charge in [-0.05, 0) is 50.5 Å². The summed E-state index contributed by atoms with van der Waals surface area (Å²) in [6, 6.07) is 1.26. The van der Waals surface area contributed by atoms with E-state index in [2.05, 4.69) is 19.2 Å². The summed E-state index contributed by atoms with van der Waals surface area (Å²) < 4.78 is 5.45. The van der Waals surface area contributed by atoms with Crippen LogP contribution in [0.25, 0.3) is 0 Å². The minimum Gasteiger partial charge on any atom is -0.381 e. The predicted molar refractivity (Wildman–Crippen MR) is 66.3 cm³/mol. The molecule has 0 bridgehead atoms. The van der Waals surface area contributed by atoms with Gasteiger partial charge in [0.2, 0.25) is 0 Å². The molecule has 3 N–H and O–H groups in total. The van der Waals surface area contributed by atoms with Crippen molar-refractivity contribution in [1.82, 2.24) is 5.32 Å². The number of rotatable bonds is 2. The lowest BCUT2D eigenvalue weighted by Crippen LogP contribution is -2.56. The van der Waals surface area contributed by atoms with Gasteiger partial charge in [0.1, 0.15) is 0 Å². The summed E-state index contributed by atoms with van der Waals surface area (Å²) in [7, 11) is 0.